The van der Waals surface area contributed by atoms with Crippen molar-refractivity contribution >= 4 is 0 Å². The van der Waals surface area contributed by atoms with Gasteiger partial charge >= 0.3 is 0 Å². The second-order valence-corrected chi connectivity index (χ2v) is 4.49. The van der Waals surface area contributed by atoms with Gasteiger partial charge in [0, 0.05) is 19.0 Å². The van der Waals surface area contributed by atoms with Crippen LogP contribution in [-0.4, -0.2) is 34.7 Å². The van der Waals surface area contributed by atoms with Crippen LogP contribution in [0.25, 0.3) is 0 Å². The van der Waals surface area contributed by atoms with Gasteiger partial charge in [0.15, 0.2) is 5.82 Å². The summed E-state index contributed by atoms with van der Waals surface area (Å²) in [7, 11) is 2.07. The smallest absolute Gasteiger partial charge is 0.226 e. The zero-order valence-corrected chi connectivity index (χ0v) is 9.53. The highest BCUT2D eigenvalue weighted by Crippen LogP contribution is 2.30. The van der Waals surface area contributed by atoms with Crippen LogP contribution in [-0.2, 0) is 12.0 Å². The van der Waals surface area contributed by atoms with Crippen LogP contribution in [0.5, 0.6) is 0 Å². The molecule has 1 aromatic heterocycles. The van der Waals surface area contributed by atoms with Crippen molar-refractivity contribution in [3.8, 4) is 0 Å². The summed E-state index contributed by atoms with van der Waals surface area (Å²) >= 11 is 0. The highest BCUT2D eigenvalue weighted by atomic mass is 16.5. The minimum Gasteiger partial charge on any atom is -0.339 e. The third-order valence-electron chi connectivity index (χ3n) is 3.16. The molecule has 0 amide bonds. The lowest BCUT2D eigenvalue weighted by molar-refractivity contribution is 0.312. The number of aryl methyl sites for hydroxylation is 1. The molecule has 2 unspecified atom stereocenters. The van der Waals surface area contributed by atoms with Crippen molar-refractivity contribution in [3.05, 3.63) is 11.7 Å². The van der Waals surface area contributed by atoms with Crippen molar-refractivity contribution in [3.63, 3.8) is 0 Å². The van der Waals surface area contributed by atoms with E-state index in [1.54, 1.807) is 0 Å². The molecule has 2 N–H and O–H groups in total. The Labute approximate surface area is 89.6 Å². The lowest BCUT2D eigenvalue weighted by Gasteiger charge is -2.18. The van der Waals surface area contributed by atoms with Gasteiger partial charge in [-0.15, -0.1) is 0 Å². The van der Waals surface area contributed by atoms with Gasteiger partial charge in [0.05, 0.1) is 5.54 Å². The summed E-state index contributed by atoms with van der Waals surface area (Å²) in [4.78, 5) is 6.55. The van der Waals surface area contributed by atoms with E-state index in [9.17, 15) is 0 Å². The number of nitrogens with zero attached hydrogens (tertiary/aromatic N) is 3. The molecule has 1 aliphatic rings. The van der Waals surface area contributed by atoms with Crippen molar-refractivity contribution in [1.82, 2.24) is 15.0 Å². The van der Waals surface area contributed by atoms with E-state index >= 15 is 0 Å². The number of likely N-dealkylation sites (N-methyl/N-ethyl adjacent to an activating group) is 1. The fourth-order valence-electron chi connectivity index (χ4n) is 2.11. The lowest BCUT2D eigenvalue weighted by Crippen LogP contribution is -2.40. The molecule has 0 aromatic carbocycles. The maximum absolute atomic E-state index is 6.30. The summed E-state index contributed by atoms with van der Waals surface area (Å²) in [6.07, 6.45) is 1.64. The Morgan fingerprint density at radius 2 is 2.40 bits per heavy atom. The zero-order chi connectivity index (χ0) is 11.1. The molecule has 1 fully saturated rings. The Balaban J connectivity index is 2.23. The molecule has 1 aliphatic heterocycles. The van der Waals surface area contributed by atoms with Crippen LogP contribution in [0.2, 0.25) is 0 Å². The predicted octanol–water partition coefficient (Wildman–Crippen LogP) is 0.510. The van der Waals surface area contributed by atoms with Crippen LogP contribution in [0.3, 0.4) is 0 Å². The Hall–Kier alpha value is -0.940. The first-order valence-electron chi connectivity index (χ1n) is 5.37. The predicted molar refractivity (Wildman–Crippen MR) is 56.3 cm³/mol. The quantitative estimate of drug-likeness (QED) is 0.770. The Kier molecular flexibility index (Phi) is 2.52. The highest BCUT2D eigenvalue weighted by molar-refractivity contribution is 5.10. The molecule has 2 atom stereocenters. The molecule has 2 rings (SSSR count). The summed E-state index contributed by atoms with van der Waals surface area (Å²) in [5.41, 5.74) is 5.86. The van der Waals surface area contributed by atoms with E-state index < -0.39 is 5.54 Å². The van der Waals surface area contributed by atoms with Crippen LogP contribution in [0.1, 0.15) is 32.0 Å². The van der Waals surface area contributed by atoms with Crippen molar-refractivity contribution in [2.45, 2.75) is 38.3 Å². The zero-order valence-electron chi connectivity index (χ0n) is 9.53. The number of rotatable bonds is 2. The van der Waals surface area contributed by atoms with E-state index in [1.165, 1.54) is 0 Å². The Morgan fingerprint density at radius 3 is 2.87 bits per heavy atom. The van der Waals surface area contributed by atoms with Gasteiger partial charge < -0.3 is 15.2 Å². The molecule has 2 heterocycles. The molecule has 0 saturated carbocycles. The van der Waals surface area contributed by atoms with Gasteiger partial charge in [-0.2, -0.15) is 4.98 Å². The van der Waals surface area contributed by atoms with E-state index in [0.29, 0.717) is 17.8 Å². The topological polar surface area (TPSA) is 68.2 Å². The minimum absolute atomic E-state index is 0.439. The third kappa shape index (κ3) is 1.77. The summed E-state index contributed by atoms with van der Waals surface area (Å²) in [5, 5.41) is 3.97. The van der Waals surface area contributed by atoms with Gasteiger partial charge in [0.1, 0.15) is 0 Å². The van der Waals surface area contributed by atoms with E-state index in [4.69, 9.17) is 10.3 Å². The maximum atomic E-state index is 6.30. The fourth-order valence-corrected chi connectivity index (χ4v) is 2.11. The van der Waals surface area contributed by atoms with E-state index in [2.05, 4.69) is 29.0 Å². The Morgan fingerprint density at radius 1 is 1.67 bits per heavy atom. The lowest BCUT2D eigenvalue weighted by atomic mass is 9.97. The summed E-state index contributed by atoms with van der Waals surface area (Å²) in [5.74, 6) is 1.31. The maximum Gasteiger partial charge on any atom is 0.226 e. The third-order valence-corrected chi connectivity index (χ3v) is 3.16. The van der Waals surface area contributed by atoms with Crippen LogP contribution in [0.4, 0.5) is 0 Å². The molecule has 15 heavy (non-hydrogen) atoms. The summed E-state index contributed by atoms with van der Waals surface area (Å²) < 4.78 is 5.10. The average molecular weight is 210 g/mol. The van der Waals surface area contributed by atoms with Gasteiger partial charge in [-0.25, -0.2) is 0 Å². The van der Waals surface area contributed by atoms with Crippen LogP contribution < -0.4 is 5.73 Å². The molecule has 84 valence electrons. The van der Waals surface area contributed by atoms with E-state index in [-0.39, 0.29) is 0 Å². The molecule has 1 saturated heterocycles. The standard InChI is InChI=1S/C10H18N4O/c1-4-8-12-9(13-15-8)10(11)5-7(2)14(3)6-10/h7H,4-6,11H2,1-3H3. The van der Waals surface area contributed by atoms with Crippen molar-refractivity contribution in [2.24, 2.45) is 5.73 Å². The van der Waals surface area contributed by atoms with Gasteiger partial charge in [-0.3, -0.25) is 0 Å². The molecule has 5 heteroatoms. The highest BCUT2D eigenvalue weighted by Gasteiger charge is 2.42. The molecular formula is C10H18N4O. The minimum atomic E-state index is -0.439. The van der Waals surface area contributed by atoms with Gasteiger partial charge in [-0.05, 0) is 20.4 Å². The van der Waals surface area contributed by atoms with Crippen molar-refractivity contribution < 1.29 is 4.52 Å². The number of likely N-dealkylation sites (tertiary alicyclic amines) is 1. The van der Waals surface area contributed by atoms with Crippen molar-refractivity contribution in [2.75, 3.05) is 13.6 Å². The normalized spacial score (nSPS) is 32.4. The molecule has 0 aliphatic carbocycles. The van der Waals surface area contributed by atoms with Crippen LogP contribution >= 0.6 is 0 Å². The van der Waals surface area contributed by atoms with E-state index in [0.717, 1.165) is 19.4 Å². The fraction of sp³-hybridized carbons (Fsp3) is 0.800. The van der Waals surface area contributed by atoms with Gasteiger partial charge in [-0.1, -0.05) is 12.1 Å². The van der Waals surface area contributed by atoms with Crippen molar-refractivity contribution in [1.29, 1.82) is 0 Å². The number of aromatic nitrogens is 2. The molecule has 0 spiro atoms. The summed E-state index contributed by atoms with van der Waals surface area (Å²) in [6.45, 7) is 4.94. The first kappa shape index (κ1) is 10.6. The molecule has 5 nitrogen and oxygen atoms in total. The average Bonchev–Trinajstić information content (AvgIpc) is 2.73. The Bertz CT molecular complexity index is 339. The monoisotopic (exact) mass is 210 g/mol. The largest absolute Gasteiger partial charge is 0.339 e. The van der Waals surface area contributed by atoms with Gasteiger partial charge in [0.25, 0.3) is 0 Å². The molecule has 0 bridgehead atoms. The number of hydrogen-bond acceptors (Lipinski definition) is 5. The van der Waals surface area contributed by atoms with Gasteiger partial charge in [0.2, 0.25) is 5.89 Å². The second kappa shape index (κ2) is 3.57. The molecule has 1 aromatic rings. The second-order valence-electron chi connectivity index (χ2n) is 4.49. The summed E-state index contributed by atoms with van der Waals surface area (Å²) in [6, 6.07) is 0.471. The SMILES string of the molecule is CCc1nc(C2(N)CC(C)N(C)C2)no1. The molecular weight excluding hydrogens is 192 g/mol. The first-order chi connectivity index (χ1) is 7.05. The van der Waals surface area contributed by atoms with Crippen LogP contribution in [0.15, 0.2) is 4.52 Å². The number of hydrogen-bond donors (Lipinski definition) is 1. The molecule has 0 radical (unpaired) electrons. The van der Waals surface area contributed by atoms with Crippen LogP contribution in [0, 0.1) is 0 Å². The first-order valence-corrected chi connectivity index (χ1v) is 5.37. The number of nitrogens with two attached hydrogens (primary N) is 1. The van der Waals surface area contributed by atoms with E-state index in [1.807, 2.05) is 6.92 Å².